The molecule has 2 aromatic carbocycles. The molecule has 25 heavy (non-hydrogen) atoms. The van der Waals surface area contributed by atoms with Crippen molar-refractivity contribution in [1.82, 2.24) is 9.38 Å². The van der Waals surface area contributed by atoms with E-state index in [9.17, 15) is 4.39 Å². The lowest BCUT2D eigenvalue weighted by Crippen LogP contribution is -1.99. The van der Waals surface area contributed by atoms with Crippen LogP contribution in [0.15, 0.2) is 66.7 Å². The number of hydrogen-bond donors (Lipinski definition) is 1. The van der Waals surface area contributed by atoms with E-state index in [0.29, 0.717) is 5.02 Å². The standard InChI is InChI=1S/C20H15ClFN3/c1-13-5-4-8-18-24-19(16-6-2-3-7-17(16)21)20(25(13)18)23-15-11-9-14(22)10-12-15/h2-12,23H,1H3. The normalized spacial score (nSPS) is 11.0. The van der Waals surface area contributed by atoms with Crippen molar-refractivity contribution in [3.05, 3.63) is 83.3 Å². The zero-order chi connectivity index (χ0) is 17.4. The molecule has 4 aromatic rings. The van der Waals surface area contributed by atoms with Crippen LogP contribution < -0.4 is 5.32 Å². The molecular weight excluding hydrogens is 337 g/mol. The number of rotatable bonds is 3. The number of nitrogens with zero attached hydrogens (tertiary/aromatic N) is 2. The number of fused-ring (bicyclic) bond motifs is 1. The Labute approximate surface area is 149 Å². The van der Waals surface area contributed by atoms with Crippen LogP contribution in [0.2, 0.25) is 5.02 Å². The summed E-state index contributed by atoms with van der Waals surface area (Å²) < 4.78 is 15.2. The van der Waals surface area contributed by atoms with Gasteiger partial charge in [0, 0.05) is 16.9 Å². The minimum Gasteiger partial charge on any atom is -0.339 e. The number of anilines is 2. The summed E-state index contributed by atoms with van der Waals surface area (Å²) in [5.41, 5.74) is 4.23. The maximum atomic E-state index is 13.2. The first kappa shape index (κ1) is 15.7. The van der Waals surface area contributed by atoms with Crippen LogP contribution in [0, 0.1) is 12.7 Å². The zero-order valence-corrected chi connectivity index (χ0v) is 14.3. The summed E-state index contributed by atoms with van der Waals surface area (Å²) in [6, 6.07) is 19.8. The molecule has 0 radical (unpaired) electrons. The maximum absolute atomic E-state index is 13.2. The van der Waals surface area contributed by atoms with Crippen molar-refractivity contribution in [3.63, 3.8) is 0 Å². The minimum absolute atomic E-state index is 0.272. The average Bonchev–Trinajstić information content (AvgIpc) is 2.97. The number of pyridine rings is 1. The van der Waals surface area contributed by atoms with Crippen LogP contribution in [0.4, 0.5) is 15.9 Å². The molecule has 5 heteroatoms. The Balaban J connectivity index is 1.95. The highest BCUT2D eigenvalue weighted by molar-refractivity contribution is 6.33. The summed E-state index contributed by atoms with van der Waals surface area (Å²) >= 11 is 6.40. The van der Waals surface area contributed by atoms with Crippen molar-refractivity contribution in [2.24, 2.45) is 0 Å². The van der Waals surface area contributed by atoms with Crippen LogP contribution in [-0.2, 0) is 0 Å². The first-order valence-electron chi connectivity index (χ1n) is 7.89. The highest BCUT2D eigenvalue weighted by atomic mass is 35.5. The second-order valence-electron chi connectivity index (χ2n) is 5.78. The molecule has 0 amide bonds. The van der Waals surface area contributed by atoms with Gasteiger partial charge in [-0.15, -0.1) is 0 Å². The van der Waals surface area contributed by atoms with Gasteiger partial charge in [-0.3, -0.25) is 4.40 Å². The third-order valence-electron chi connectivity index (χ3n) is 4.07. The van der Waals surface area contributed by atoms with Crippen LogP contribution in [-0.4, -0.2) is 9.38 Å². The number of aryl methyl sites for hydroxylation is 1. The molecule has 1 N–H and O–H groups in total. The van der Waals surface area contributed by atoms with Crippen molar-refractivity contribution in [2.75, 3.05) is 5.32 Å². The van der Waals surface area contributed by atoms with Crippen molar-refractivity contribution in [2.45, 2.75) is 6.92 Å². The van der Waals surface area contributed by atoms with Crippen LogP contribution in [0.25, 0.3) is 16.9 Å². The Morgan fingerprint density at radius 2 is 1.72 bits per heavy atom. The molecule has 0 spiro atoms. The van der Waals surface area contributed by atoms with Gasteiger partial charge in [-0.1, -0.05) is 35.9 Å². The fourth-order valence-electron chi connectivity index (χ4n) is 2.88. The Kier molecular flexibility index (Phi) is 3.90. The van der Waals surface area contributed by atoms with E-state index in [1.54, 1.807) is 12.1 Å². The largest absolute Gasteiger partial charge is 0.339 e. The van der Waals surface area contributed by atoms with E-state index < -0.39 is 0 Å². The van der Waals surface area contributed by atoms with Crippen LogP contribution >= 0.6 is 11.6 Å². The van der Waals surface area contributed by atoms with E-state index in [1.807, 2.05) is 53.8 Å². The highest BCUT2D eigenvalue weighted by Crippen LogP contribution is 2.35. The molecule has 0 saturated carbocycles. The summed E-state index contributed by atoms with van der Waals surface area (Å²) in [7, 11) is 0. The molecule has 0 saturated heterocycles. The molecule has 4 rings (SSSR count). The number of nitrogens with one attached hydrogen (secondary N) is 1. The Morgan fingerprint density at radius 3 is 2.48 bits per heavy atom. The molecule has 2 aromatic heterocycles. The molecule has 0 atom stereocenters. The van der Waals surface area contributed by atoms with Gasteiger partial charge >= 0.3 is 0 Å². The molecule has 0 bridgehead atoms. The number of benzene rings is 2. The van der Waals surface area contributed by atoms with Crippen LogP contribution in [0.3, 0.4) is 0 Å². The predicted octanol–water partition coefficient (Wildman–Crippen LogP) is 5.85. The minimum atomic E-state index is -0.272. The van der Waals surface area contributed by atoms with Gasteiger partial charge in [-0.25, -0.2) is 9.37 Å². The molecule has 2 heterocycles. The smallest absolute Gasteiger partial charge is 0.143 e. The van der Waals surface area contributed by atoms with E-state index in [0.717, 1.165) is 34.1 Å². The van der Waals surface area contributed by atoms with Gasteiger partial charge in [0.25, 0.3) is 0 Å². The molecular formula is C20H15ClFN3. The fraction of sp³-hybridized carbons (Fsp3) is 0.0500. The Hall–Kier alpha value is -2.85. The lowest BCUT2D eigenvalue weighted by atomic mass is 10.1. The van der Waals surface area contributed by atoms with Crippen molar-refractivity contribution in [1.29, 1.82) is 0 Å². The predicted molar refractivity (Wildman–Crippen MR) is 100 cm³/mol. The lowest BCUT2D eigenvalue weighted by Gasteiger charge is -2.11. The lowest BCUT2D eigenvalue weighted by molar-refractivity contribution is 0.628. The summed E-state index contributed by atoms with van der Waals surface area (Å²) in [4.78, 5) is 4.76. The van der Waals surface area contributed by atoms with Gasteiger partial charge in [0.2, 0.25) is 0 Å². The number of halogens is 2. The van der Waals surface area contributed by atoms with Gasteiger partial charge in [0.1, 0.15) is 23.0 Å². The summed E-state index contributed by atoms with van der Waals surface area (Å²) in [5, 5.41) is 3.99. The summed E-state index contributed by atoms with van der Waals surface area (Å²) in [5.74, 6) is 0.527. The Bertz CT molecular complexity index is 1050. The van der Waals surface area contributed by atoms with E-state index in [-0.39, 0.29) is 5.82 Å². The first-order valence-corrected chi connectivity index (χ1v) is 8.27. The summed E-state index contributed by atoms with van der Waals surface area (Å²) in [6.45, 7) is 2.01. The topological polar surface area (TPSA) is 29.3 Å². The van der Waals surface area contributed by atoms with Gasteiger partial charge in [0.15, 0.2) is 0 Å². The number of aromatic nitrogens is 2. The monoisotopic (exact) mass is 351 g/mol. The molecule has 0 aliphatic carbocycles. The zero-order valence-electron chi connectivity index (χ0n) is 13.5. The van der Waals surface area contributed by atoms with Gasteiger partial charge in [-0.2, -0.15) is 0 Å². The molecule has 124 valence electrons. The molecule has 0 aliphatic rings. The van der Waals surface area contributed by atoms with Crippen molar-refractivity contribution >= 4 is 28.8 Å². The van der Waals surface area contributed by atoms with E-state index in [1.165, 1.54) is 12.1 Å². The summed E-state index contributed by atoms with van der Waals surface area (Å²) in [6.07, 6.45) is 0. The molecule has 3 nitrogen and oxygen atoms in total. The van der Waals surface area contributed by atoms with Gasteiger partial charge in [-0.05, 0) is 49.4 Å². The molecule has 0 unspecified atom stereocenters. The molecule has 0 fully saturated rings. The van der Waals surface area contributed by atoms with Crippen molar-refractivity contribution < 1.29 is 4.39 Å². The number of hydrogen-bond acceptors (Lipinski definition) is 2. The van der Waals surface area contributed by atoms with Gasteiger partial charge in [0.05, 0.1) is 5.02 Å². The Morgan fingerprint density at radius 1 is 0.960 bits per heavy atom. The third kappa shape index (κ3) is 2.85. The highest BCUT2D eigenvalue weighted by Gasteiger charge is 2.17. The van der Waals surface area contributed by atoms with E-state index in [4.69, 9.17) is 16.6 Å². The second kappa shape index (κ2) is 6.22. The third-order valence-corrected chi connectivity index (χ3v) is 4.40. The molecule has 0 aliphatic heterocycles. The first-order chi connectivity index (χ1) is 12.1. The number of imidazole rings is 1. The van der Waals surface area contributed by atoms with Crippen LogP contribution in [0.5, 0.6) is 0 Å². The van der Waals surface area contributed by atoms with Crippen molar-refractivity contribution in [3.8, 4) is 11.3 Å². The quantitative estimate of drug-likeness (QED) is 0.502. The maximum Gasteiger partial charge on any atom is 0.143 e. The fourth-order valence-corrected chi connectivity index (χ4v) is 3.11. The van der Waals surface area contributed by atoms with E-state index >= 15 is 0 Å². The van der Waals surface area contributed by atoms with Crippen LogP contribution in [0.1, 0.15) is 5.69 Å². The average molecular weight is 352 g/mol. The van der Waals surface area contributed by atoms with Gasteiger partial charge < -0.3 is 5.32 Å². The van der Waals surface area contributed by atoms with E-state index in [2.05, 4.69) is 5.32 Å². The second-order valence-corrected chi connectivity index (χ2v) is 6.19. The SMILES string of the molecule is Cc1cccc2nc(-c3ccccc3Cl)c(Nc3ccc(F)cc3)n12.